The minimum Gasteiger partial charge on any atom is -0.497 e. The normalized spacial score (nSPS) is 12.6. The molecular formula is C22H18N4O2S. The zero-order chi connectivity index (χ0) is 20.0. The Bertz CT molecular complexity index is 1420. The van der Waals surface area contributed by atoms with E-state index in [1.54, 1.807) is 18.9 Å². The number of methoxy groups -OCH3 is 1. The van der Waals surface area contributed by atoms with Crippen LogP contribution in [0.2, 0.25) is 0 Å². The second-order valence-corrected chi connectivity index (χ2v) is 8.15. The lowest BCUT2D eigenvalue weighted by Crippen LogP contribution is -2.11. The molecule has 1 N–H and O–H groups in total. The van der Waals surface area contributed by atoms with Crippen LogP contribution in [0, 0.1) is 0 Å². The van der Waals surface area contributed by atoms with Crippen molar-refractivity contribution in [2.75, 3.05) is 7.11 Å². The molecule has 7 heteroatoms. The maximum Gasteiger partial charge on any atom is 0.294 e. The molecule has 0 saturated carbocycles. The minimum atomic E-state index is -0.240. The van der Waals surface area contributed by atoms with Crippen molar-refractivity contribution in [3.8, 4) is 5.75 Å². The van der Waals surface area contributed by atoms with E-state index in [-0.39, 0.29) is 10.8 Å². The fourth-order valence-corrected chi connectivity index (χ4v) is 4.49. The first-order chi connectivity index (χ1) is 14.1. The number of fused-ring (bicyclic) bond motifs is 4. The third-order valence-electron chi connectivity index (χ3n) is 5.05. The molecule has 144 valence electrons. The van der Waals surface area contributed by atoms with Crippen LogP contribution >= 0.6 is 11.8 Å². The lowest BCUT2D eigenvalue weighted by Gasteiger charge is -2.12. The van der Waals surface area contributed by atoms with Crippen LogP contribution in [0.15, 0.2) is 70.6 Å². The number of hydrogen-bond donors (Lipinski definition) is 1. The first-order valence-corrected chi connectivity index (χ1v) is 10.1. The van der Waals surface area contributed by atoms with E-state index in [1.165, 1.54) is 5.56 Å². The number of H-pyrrole nitrogens is 1. The van der Waals surface area contributed by atoms with Crippen LogP contribution in [0.1, 0.15) is 17.7 Å². The van der Waals surface area contributed by atoms with Crippen molar-refractivity contribution < 1.29 is 4.74 Å². The summed E-state index contributed by atoms with van der Waals surface area (Å²) in [6.07, 6.45) is 0. The minimum absolute atomic E-state index is 0.131. The summed E-state index contributed by atoms with van der Waals surface area (Å²) in [4.78, 5) is 15.2. The Balaban J connectivity index is 1.55. The molecule has 2 aromatic heterocycles. The Kier molecular flexibility index (Phi) is 4.24. The average Bonchev–Trinajstić information content (AvgIpc) is 3.17. The van der Waals surface area contributed by atoms with Crippen LogP contribution in [0.3, 0.4) is 0 Å². The largest absolute Gasteiger partial charge is 0.497 e. The van der Waals surface area contributed by atoms with Crippen molar-refractivity contribution >= 4 is 39.2 Å². The summed E-state index contributed by atoms with van der Waals surface area (Å²) < 4.78 is 7.14. The molecule has 5 aromatic rings. The van der Waals surface area contributed by atoms with Gasteiger partial charge in [0.1, 0.15) is 5.75 Å². The molecule has 0 radical (unpaired) electrons. The smallest absolute Gasteiger partial charge is 0.294 e. The van der Waals surface area contributed by atoms with E-state index in [0.29, 0.717) is 10.8 Å². The third-order valence-corrected chi connectivity index (χ3v) is 6.15. The van der Waals surface area contributed by atoms with Gasteiger partial charge in [0.2, 0.25) is 5.65 Å². The molecule has 6 nitrogen and oxygen atoms in total. The average molecular weight is 402 g/mol. The number of rotatable bonds is 4. The van der Waals surface area contributed by atoms with Gasteiger partial charge in [-0.1, -0.05) is 48.2 Å². The SMILES string of the molecule is COc1ccc2cc(C(C)Sc3nnc4c(=O)[nH]c5ccccc5n34)ccc2c1. The Morgan fingerprint density at radius 2 is 1.83 bits per heavy atom. The van der Waals surface area contributed by atoms with E-state index in [0.717, 1.165) is 27.6 Å². The zero-order valence-electron chi connectivity index (χ0n) is 15.9. The summed E-state index contributed by atoms with van der Waals surface area (Å²) in [5.74, 6) is 0.847. The molecule has 0 aliphatic heterocycles. The Labute approximate surface area is 170 Å². The van der Waals surface area contributed by atoms with E-state index >= 15 is 0 Å². The number of hydrogen-bond acceptors (Lipinski definition) is 5. The van der Waals surface area contributed by atoms with Gasteiger partial charge in [-0.05, 0) is 47.5 Å². The molecule has 5 rings (SSSR count). The van der Waals surface area contributed by atoms with Crippen LogP contribution < -0.4 is 10.3 Å². The number of aromatic nitrogens is 4. The Hall–Kier alpha value is -3.32. The highest BCUT2D eigenvalue weighted by Crippen LogP contribution is 2.36. The van der Waals surface area contributed by atoms with Gasteiger partial charge in [-0.3, -0.25) is 9.20 Å². The Morgan fingerprint density at radius 3 is 2.69 bits per heavy atom. The summed E-state index contributed by atoms with van der Waals surface area (Å²) in [6, 6.07) is 20.1. The molecule has 1 atom stereocenters. The van der Waals surface area contributed by atoms with Crippen LogP contribution in [0.25, 0.3) is 27.5 Å². The maximum absolute atomic E-state index is 12.4. The topological polar surface area (TPSA) is 72.3 Å². The van der Waals surface area contributed by atoms with Crippen molar-refractivity contribution in [3.63, 3.8) is 0 Å². The van der Waals surface area contributed by atoms with Gasteiger partial charge in [-0.15, -0.1) is 10.2 Å². The molecule has 0 spiro atoms. The van der Waals surface area contributed by atoms with Crippen molar-refractivity contribution in [1.82, 2.24) is 19.6 Å². The molecule has 0 fully saturated rings. The molecule has 0 bridgehead atoms. The van der Waals surface area contributed by atoms with Gasteiger partial charge < -0.3 is 9.72 Å². The molecule has 1 unspecified atom stereocenters. The standard InChI is InChI=1S/C22H18N4O2S/c1-13(14-7-8-16-12-17(28-2)10-9-15(16)11-14)29-22-25-24-20-21(27)23-18-5-3-4-6-19(18)26(20)22/h3-13H,1-2H3,(H,23,27). The van der Waals surface area contributed by atoms with Crippen molar-refractivity contribution in [1.29, 1.82) is 0 Å². The summed E-state index contributed by atoms with van der Waals surface area (Å²) in [5.41, 5.74) is 2.89. The monoisotopic (exact) mass is 402 g/mol. The highest BCUT2D eigenvalue weighted by molar-refractivity contribution is 7.99. The lowest BCUT2D eigenvalue weighted by atomic mass is 10.1. The van der Waals surface area contributed by atoms with Crippen LogP contribution in [0.5, 0.6) is 5.75 Å². The van der Waals surface area contributed by atoms with Gasteiger partial charge in [0, 0.05) is 5.25 Å². The maximum atomic E-state index is 12.4. The molecule has 0 aliphatic carbocycles. The number of ether oxygens (including phenoxy) is 1. The molecule has 0 amide bonds. The van der Waals surface area contributed by atoms with E-state index in [1.807, 2.05) is 40.8 Å². The number of nitrogens with zero attached hydrogens (tertiary/aromatic N) is 3. The van der Waals surface area contributed by atoms with Gasteiger partial charge in [-0.25, -0.2) is 0 Å². The fourth-order valence-electron chi connectivity index (χ4n) is 3.51. The van der Waals surface area contributed by atoms with E-state index in [9.17, 15) is 4.79 Å². The van der Waals surface area contributed by atoms with Gasteiger partial charge >= 0.3 is 0 Å². The summed E-state index contributed by atoms with van der Waals surface area (Å²) >= 11 is 1.58. The second-order valence-electron chi connectivity index (χ2n) is 6.85. The fraction of sp³-hybridized carbons (Fsp3) is 0.136. The van der Waals surface area contributed by atoms with Crippen molar-refractivity contribution in [2.45, 2.75) is 17.3 Å². The number of benzene rings is 3. The number of nitrogens with one attached hydrogen (secondary N) is 1. The predicted molar refractivity (Wildman–Crippen MR) is 116 cm³/mol. The first-order valence-electron chi connectivity index (χ1n) is 9.24. The highest BCUT2D eigenvalue weighted by Gasteiger charge is 2.17. The molecule has 0 aliphatic rings. The highest BCUT2D eigenvalue weighted by atomic mass is 32.2. The van der Waals surface area contributed by atoms with Gasteiger partial charge in [0.15, 0.2) is 5.16 Å². The molecule has 0 saturated heterocycles. The van der Waals surface area contributed by atoms with E-state index < -0.39 is 0 Å². The van der Waals surface area contributed by atoms with Crippen molar-refractivity contribution in [2.24, 2.45) is 0 Å². The molecule has 29 heavy (non-hydrogen) atoms. The first kappa shape index (κ1) is 17.8. The summed E-state index contributed by atoms with van der Waals surface area (Å²) in [6.45, 7) is 2.13. The van der Waals surface area contributed by atoms with Crippen LogP contribution in [0.4, 0.5) is 0 Å². The molecule has 2 heterocycles. The number of para-hydroxylation sites is 2. The third kappa shape index (κ3) is 3.03. The summed E-state index contributed by atoms with van der Waals surface area (Å²) in [5, 5.41) is 11.5. The van der Waals surface area contributed by atoms with Crippen LogP contribution in [-0.4, -0.2) is 26.7 Å². The van der Waals surface area contributed by atoms with E-state index in [4.69, 9.17) is 4.74 Å². The van der Waals surface area contributed by atoms with Gasteiger partial charge in [0.05, 0.1) is 18.1 Å². The zero-order valence-corrected chi connectivity index (χ0v) is 16.7. The molecule has 3 aromatic carbocycles. The van der Waals surface area contributed by atoms with Crippen molar-refractivity contribution in [3.05, 3.63) is 76.6 Å². The lowest BCUT2D eigenvalue weighted by molar-refractivity contribution is 0.415. The van der Waals surface area contributed by atoms with Gasteiger partial charge in [0.25, 0.3) is 5.56 Å². The predicted octanol–water partition coefficient (Wildman–Crippen LogP) is 4.59. The number of thioether (sulfide) groups is 1. The Morgan fingerprint density at radius 1 is 1.03 bits per heavy atom. The van der Waals surface area contributed by atoms with Gasteiger partial charge in [-0.2, -0.15) is 0 Å². The van der Waals surface area contributed by atoms with E-state index in [2.05, 4.69) is 46.4 Å². The second kappa shape index (κ2) is 6.93. The quantitative estimate of drug-likeness (QED) is 0.445. The summed E-state index contributed by atoms with van der Waals surface area (Å²) in [7, 11) is 1.67. The molecular weight excluding hydrogens is 384 g/mol. The number of aromatic amines is 1. The van der Waals surface area contributed by atoms with Crippen LogP contribution in [-0.2, 0) is 0 Å².